The van der Waals surface area contributed by atoms with Gasteiger partial charge in [-0.3, -0.25) is 4.79 Å². The Morgan fingerprint density at radius 2 is 2.33 bits per heavy atom. The van der Waals surface area contributed by atoms with Crippen molar-refractivity contribution in [1.82, 2.24) is 5.32 Å². The van der Waals surface area contributed by atoms with Crippen LogP contribution in [0.3, 0.4) is 0 Å². The van der Waals surface area contributed by atoms with Gasteiger partial charge in [-0.05, 0) is 37.1 Å². The van der Waals surface area contributed by atoms with E-state index in [0.29, 0.717) is 17.8 Å². The number of carbonyl (C=O) groups is 1. The van der Waals surface area contributed by atoms with E-state index in [1.165, 1.54) is 12.8 Å². The van der Waals surface area contributed by atoms with E-state index in [9.17, 15) is 4.79 Å². The van der Waals surface area contributed by atoms with Crippen LogP contribution in [0.1, 0.15) is 25.7 Å². The summed E-state index contributed by atoms with van der Waals surface area (Å²) < 4.78 is 0. The highest BCUT2D eigenvalue weighted by Crippen LogP contribution is 2.52. The van der Waals surface area contributed by atoms with Gasteiger partial charge in [-0.1, -0.05) is 0 Å². The summed E-state index contributed by atoms with van der Waals surface area (Å²) in [5, 5.41) is 2.92. The molecule has 1 heterocycles. The SMILES string of the molecule is NCC1(C2CCC(=O)NC2)CC1. The Labute approximate surface area is 72.7 Å². The van der Waals surface area contributed by atoms with Gasteiger partial charge in [-0.15, -0.1) is 0 Å². The Balaban J connectivity index is 1.93. The third-order valence-corrected chi connectivity index (χ3v) is 3.43. The highest BCUT2D eigenvalue weighted by atomic mass is 16.1. The zero-order valence-electron chi connectivity index (χ0n) is 7.31. The molecule has 0 aromatic carbocycles. The summed E-state index contributed by atoms with van der Waals surface area (Å²) in [4.78, 5) is 10.9. The molecule has 0 bridgehead atoms. The average molecular weight is 168 g/mol. The van der Waals surface area contributed by atoms with Crippen LogP contribution in [-0.2, 0) is 4.79 Å². The summed E-state index contributed by atoms with van der Waals surface area (Å²) in [7, 11) is 0. The van der Waals surface area contributed by atoms with Crippen molar-refractivity contribution in [3.05, 3.63) is 0 Å². The first kappa shape index (κ1) is 8.05. The molecule has 1 amide bonds. The molecule has 2 rings (SSSR count). The van der Waals surface area contributed by atoms with Gasteiger partial charge in [0.15, 0.2) is 0 Å². The number of carbonyl (C=O) groups excluding carboxylic acids is 1. The number of hydrogen-bond acceptors (Lipinski definition) is 2. The molecule has 0 spiro atoms. The summed E-state index contributed by atoms with van der Waals surface area (Å²) in [6.07, 6.45) is 4.28. The smallest absolute Gasteiger partial charge is 0.220 e. The minimum absolute atomic E-state index is 0.207. The lowest BCUT2D eigenvalue weighted by Gasteiger charge is -2.29. The van der Waals surface area contributed by atoms with E-state index >= 15 is 0 Å². The normalized spacial score (nSPS) is 32.8. The van der Waals surface area contributed by atoms with Gasteiger partial charge in [-0.25, -0.2) is 0 Å². The lowest BCUT2D eigenvalue weighted by atomic mass is 9.83. The van der Waals surface area contributed by atoms with Crippen LogP contribution >= 0.6 is 0 Å². The second-order valence-electron chi connectivity index (χ2n) is 4.11. The van der Waals surface area contributed by atoms with E-state index in [4.69, 9.17) is 5.73 Å². The first-order valence-electron chi connectivity index (χ1n) is 4.74. The molecular weight excluding hydrogens is 152 g/mol. The van der Waals surface area contributed by atoms with Gasteiger partial charge in [0.25, 0.3) is 0 Å². The molecule has 1 saturated carbocycles. The predicted octanol–water partition coefficient (Wildman–Crippen LogP) is 0.251. The monoisotopic (exact) mass is 168 g/mol. The fourth-order valence-electron chi connectivity index (χ4n) is 2.20. The van der Waals surface area contributed by atoms with E-state index in [0.717, 1.165) is 19.5 Å². The van der Waals surface area contributed by atoms with Crippen molar-refractivity contribution in [3.8, 4) is 0 Å². The fraction of sp³-hybridized carbons (Fsp3) is 0.889. The number of nitrogens with one attached hydrogen (secondary N) is 1. The maximum absolute atomic E-state index is 10.9. The molecule has 1 atom stereocenters. The quantitative estimate of drug-likeness (QED) is 0.621. The first-order chi connectivity index (χ1) is 5.77. The van der Waals surface area contributed by atoms with Gasteiger partial charge in [0, 0.05) is 13.0 Å². The van der Waals surface area contributed by atoms with Gasteiger partial charge >= 0.3 is 0 Å². The molecule has 68 valence electrons. The van der Waals surface area contributed by atoms with Crippen LogP contribution in [0, 0.1) is 11.3 Å². The molecule has 3 N–H and O–H groups in total. The molecular formula is C9H16N2O. The number of hydrogen-bond donors (Lipinski definition) is 2. The molecule has 1 aliphatic heterocycles. The maximum Gasteiger partial charge on any atom is 0.220 e. The van der Waals surface area contributed by atoms with E-state index in [2.05, 4.69) is 5.32 Å². The van der Waals surface area contributed by atoms with E-state index < -0.39 is 0 Å². The molecule has 0 radical (unpaired) electrons. The second-order valence-corrected chi connectivity index (χ2v) is 4.11. The average Bonchev–Trinajstić information content (AvgIpc) is 2.86. The van der Waals surface area contributed by atoms with Gasteiger partial charge in [0.05, 0.1) is 0 Å². The van der Waals surface area contributed by atoms with Crippen molar-refractivity contribution in [2.45, 2.75) is 25.7 Å². The topological polar surface area (TPSA) is 55.1 Å². The van der Waals surface area contributed by atoms with Crippen LogP contribution in [0.2, 0.25) is 0 Å². The molecule has 1 aliphatic carbocycles. The van der Waals surface area contributed by atoms with Crippen LogP contribution < -0.4 is 11.1 Å². The van der Waals surface area contributed by atoms with Crippen LogP contribution in [-0.4, -0.2) is 19.0 Å². The van der Waals surface area contributed by atoms with Crippen molar-refractivity contribution in [1.29, 1.82) is 0 Å². The molecule has 2 fully saturated rings. The van der Waals surface area contributed by atoms with Crippen LogP contribution in [0.5, 0.6) is 0 Å². The van der Waals surface area contributed by atoms with Crippen molar-refractivity contribution >= 4 is 5.91 Å². The summed E-state index contributed by atoms with van der Waals surface area (Å²) in [5.74, 6) is 0.860. The fourth-order valence-corrected chi connectivity index (χ4v) is 2.20. The van der Waals surface area contributed by atoms with Gasteiger partial charge in [-0.2, -0.15) is 0 Å². The highest BCUT2D eigenvalue weighted by Gasteiger charge is 2.48. The van der Waals surface area contributed by atoms with Gasteiger partial charge in [0.1, 0.15) is 0 Å². The Morgan fingerprint density at radius 3 is 2.75 bits per heavy atom. The summed E-state index contributed by atoms with van der Waals surface area (Å²) >= 11 is 0. The maximum atomic E-state index is 10.9. The third-order valence-electron chi connectivity index (χ3n) is 3.43. The Morgan fingerprint density at radius 1 is 1.58 bits per heavy atom. The van der Waals surface area contributed by atoms with E-state index in [1.807, 2.05) is 0 Å². The van der Waals surface area contributed by atoms with Gasteiger partial charge < -0.3 is 11.1 Å². The zero-order valence-corrected chi connectivity index (χ0v) is 7.31. The predicted molar refractivity (Wildman–Crippen MR) is 46.5 cm³/mol. The highest BCUT2D eigenvalue weighted by molar-refractivity contribution is 5.76. The number of piperidine rings is 1. The number of rotatable bonds is 2. The lowest BCUT2D eigenvalue weighted by molar-refractivity contribution is -0.123. The van der Waals surface area contributed by atoms with Crippen LogP contribution in [0.25, 0.3) is 0 Å². The molecule has 0 aromatic rings. The Bertz CT molecular complexity index is 189. The standard InChI is InChI=1S/C9H16N2O/c10-6-9(3-4-9)7-1-2-8(12)11-5-7/h7H,1-6,10H2,(H,11,12). The lowest BCUT2D eigenvalue weighted by Crippen LogP contribution is -2.41. The van der Waals surface area contributed by atoms with Crippen molar-refractivity contribution < 1.29 is 4.79 Å². The molecule has 1 unspecified atom stereocenters. The second kappa shape index (κ2) is 2.73. The number of nitrogens with two attached hydrogens (primary N) is 1. The molecule has 12 heavy (non-hydrogen) atoms. The van der Waals surface area contributed by atoms with E-state index in [-0.39, 0.29) is 5.91 Å². The van der Waals surface area contributed by atoms with Crippen molar-refractivity contribution in [2.24, 2.45) is 17.1 Å². The summed E-state index contributed by atoms with van der Waals surface area (Å²) in [6.45, 7) is 1.66. The first-order valence-corrected chi connectivity index (χ1v) is 4.74. The van der Waals surface area contributed by atoms with Crippen LogP contribution in [0.4, 0.5) is 0 Å². The van der Waals surface area contributed by atoms with E-state index in [1.54, 1.807) is 0 Å². The van der Waals surface area contributed by atoms with Gasteiger partial charge in [0.2, 0.25) is 5.91 Å². The molecule has 2 aliphatic rings. The molecule has 3 heteroatoms. The minimum atomic E-state index is 0.207. The minimum Gasteiger partial charge on any atom is -0.356 e. The Hall–Kier alpha value is -0.570. The molecule has 0 aromatic heterocycles. The molecule has 3 nitrogen and oxygen atoms in total. The summed E-state index contributed by atoms with van der Waals surface area (Å²) in [6, 6.07) is 0. The number of amides is 1. The zero-order chi connectivity index (χ0) is 8.60. The van der Waals surface area contributed by atoms with Crippen molar-refractivity contribution in [2.75, 3.05) is 13.1 Å². The largest absolute Gasteiger partial charge is 0.356 e. The van der Waals surface area contributed by atoms with Crippen molar-refractivity contribution in [3.63, 3.8) is 0 Å². The Kier molecular flexibility index (Phi) is 1.83. The molecule has 1 saturated heterocycles. The summed E-state index contributed by atoms with van der Waals surface area (Å²) in [5.41, 5.74) is 6.13. The third kappa shape index (κ3) is 1.22. The van der Waals surface area contributed by atoms with Crippen LogP contribution in [0.15, 0.2) is 0 Å².